The fraction of sp³-hybridized carbons (Fsp3) is 1.00. The van der Waals surface area contributed by atoms with Crippen LogP contribution in [-0.2, 0) is 4.74 Å². The maximum atomic E-state index is 12.9. The summed E-state index contributed by atoms with van der Waals surface area (Å²) in [6.45, 7) is 2.15. The first-order valence-corrected chi connectivity index (χ1v) is 3.91. The van der Waals surface area contributed by atoms with Gasteiger partial charge in [0.05, 0.1) is 6.10 Å². The number of methoxy groups -OCH3 is 1. The van der Waals surface area contributed by atoms with Crippen molar-refractivity contribution in [2.75, 3.05) is 7.11 Å². The molecule has 0 aromatic carbocycles. The maximum Gasteiger partial charge on any atom is 0.126 e. The quantitative estimate of drug-likeness (QED) is 0.550. The molecule has 60 valence electrons. The van der Waals surface area contributed by atoms with E-state index in [2.05, 4.69) is 6.92 Å². The molecule has 0 N–H and O–H groups in total. The highest BCUT2D eigenvalue weighted by molar-refractivity contribution is 4.78. The largest absolute Gasteiger partial charge is 0.378 e. The molecule has 1 rings (SSSR count). The van der Waals surface area contributed by atoms with Gasteiger partial charge in [0, 0.05) is 7.11 Å². The van der Waals surface area contributed by atoms with Crippen LogP contribution in [0.3, 0.4) is 0 Å². The van der Waals surface area contributed by atoms with E-state index in [0.717, 1.165) is 12.8 Å². The van der Waals surface area contributed by atoms with E-state index < -0.39 is 6.17 Å². The smallest absolute Gasteiger partial charge is 0.126 e. The fourth-order valence-corrected chi connectivity index (χ4v) is 1.54. The van der Waals surface area contributed by atoms with Crippen LogP contribution < -0.4 is 0 Å². The summed E-state index contributed by atoms with van der Waals surface area (Å²) >= 11 is 0. The van der Waals surface area contributed by atoms with E-state index in [1.807, 2.05) is 0 Å². The van der Waals surface area contributed by atoms with Gasteiger partial charge in [0.1, 0.15) is 6.17 Å². The third-order valence-electron chi connectivity index (χ3n) is 2.28. The first-order valence-electron chi connectivity index (χ1n) is 3.91. The third kappa shape index (κ3) is 1.69. The third-order valence-corrected chi connectivity index (χ3v) is 2.28. The Morgan fingerprint density at radius 3 is 2.60 bits per heavy atom. The SMILES string of the molecule is COC1CC(C)CCC1F. The summed E-state index contributed by atoms with van der Waals surface area (Å²) in [4.78, 5) is 0. The van der Waals surface area contributed by atoms with Crippen LogP contribution in [0.25, 0.3) is 0 Å². The van der Waals surface area contributed by atoms with E-state index in [0.29, 0.717) is 12.3 Å². The van der Waals surface area contributed by atoms with Crippen molar-refractivity contribution < 1.29 is 9.13 Å². The molecule has 0 radical (unpaired) electrons. The first-order chi connectivity index (χ1) is 4.74. The maximum absolute atomic E-state index is 12.9. The van der Waals surface area contributed by atoms with Gasteiger partial charge in [0.25, 0.3) is 0 Å². The molecule has 3 atom stereocenters. The average molecular weight is 146 g/mol. The van der Waals surface area contributed by atoms with Crippen LogP contribution in [0.1, 0.15) is 26.2 Å². The average Bonchev–Trinajstić information content (AvgIpc) is 1.94. The van der Waals surface area contributed by atoms with E-state index in [-0.39, 0.29) is 6.10 Å². The van der Waals surface area contributed by atoms with Crippen molar-refractivity contribution in [3.63, 3.8) is 0 Å². The van der Waals surface area contributed by atoms with Crippen molar-refractivity contribution in [1.82, 2.24) is 0 Å². The van der Waals surface area contributed by atoms with Gasteiger partial charge in [0.15, 0.2) is 0 Å². The Bertz CT molecular complexity index is 105. The summed E-state index contributed by atoms with van der Waals surface area (Å²) < 4.78 is 17.9. The molecule has 0 spiro atoms. The lowest BCUT2D eigenvalue weighted by molar-refractivity contribution is -0.00868. The number of ether oxygens (including phenoxy) is 1. The Labute approximate surface area is 61.6 Å². The minimum absolute atomic E-state index is 0.135. The molecule has 1 aliphatic carbocycles. The molecule has 0 aromatic heterocycles. The number of halogens is 1. The molecule has 3 unspecified atom stereocenters. The number of hydrogen-bond acceptors (Lipinski definition) is 1. The van der Waals surface area contributed by atoms with E-state index in [9.17, 15) is 4.39 Å². The lowest BCUT2D eigenvalue weighted by Gasteiger charge is -2.28. The fourth-order valence-electron chi connectivity index (χ4n) is 1.54. The zero-order valence-corrected chi connectivity index (χ0v) is 6.64. The predicted molar refractivity (Wildman–Crippen MR) is 38.7 cm³/mol. The van der Waals surface area contributed by atoms with Crippen LogP contribution in [0, 0.1) is 5.92 Å². The standard InChI is InChI=1S/C8H15FO/c1-6-3-4-7(9)8(5-6)10-2/h6-8H,3-5H2,1-2H3. The molecule has 0 aliphatic heterocycles. The molecule has 0 heterocycles. The number of rotatable bonds is 1. The van der Waals surface area contributed by atoms with Crippen molar-refractivity contribution in [3.8, 4) is 0 Å². The van der Waals surface area contributed by atoms with Crippen molar-refractivity contribution in [3.05, 3.63) is 0 Å². The van der Waals surface area contributed by atoms with Gasteiger partial charge >= 0.3 is 0 Å². The Kier molecular flexibility index (Phi) is 2.66. The highest BCUT2D eigenvalue weighted by Gasteiger charge is 2.27. The van der Waals surface area contributed by atoms with E-state index in [4.69, 9.17) is 4.74 Å². The monoisotopic (exact) mass is 146 g/mol. The minimum atomic E-state index is -0.721. The number of hydrogen-bond donors (Lipinski definition) is 0. The Morgan fingerprint density at radius 2 is 2.10 bits per heavy atom. The van der Waals surface area contributed by atoms with Crippen LogP contribution in [-0.4, -0.2) is 19.4 Å². The molecule has 2 heteroatoms. The lowest BCUT2D eigenvalue weighted by Crippen LogP contribution is -2.31. The molecule has 0 bridgehead atoms. The Hall–Kier alpha value is -0.110. The minimum Gasteiger partial charge on any atom is -0.378 e. The van der Waals surface area contributed by atoms with Gasteiger partial charge in [-0.15, -0.1) is 0 Å². The van der Waals surface area contributed by atoms with Gasteiger partial charge in [-0.05, 0) is 25.2 Å². The van der Waals surface area contributed by atoms with E-state index in [1.54, 1.807) is 7.11 Å². The van der Waals surface area contributed by atoms with E-state index >= 15 is 0 Å². The molecule has 0 saturated heterocycles. The summed E-state index contributed by atoms with van der Waals surface area (Å²) in [5.74, 6) is 0.636. The Morgan fingerprint density at radius 1 is 1.40 bits per heavy atom. The van der Waals surface area contributed by atoms with Crippen LogP contribution in [0.4, 0.5) is 4.39 Å². The molecule has 1 fully saturated rings. The second-order valence-corrected chi connectivity index (χ2v) is 3.21. The molecule has 1 nitrogen and oxygen atoms in total. The highest BCUT2D eigenvalue weighted by Crippen LogP contribution is 2.27. The second-order valence-electron chi connectivity index (χ2n) is 3.21. The first kappa shape index (κ1) is 7.99. The van der Waals surface area contributed by atoms with Crippen LogP contribution in [0.15, 0.2) is 0 Å². The molecular formula is C8H15FO. The zero-order valence-electron chi connectivity index (χ0n) is 6.64. The normalized spacial score (nSPS) is 41.7. The topological polar surface area (TPSA) is 9.23 Å². The van der Waals surface area contributed by atoms with Crippen molar-refractivity contribution >= 4 is 0 Å². The van der Waals surface area contributed by atoms with Crippen LogP contribution in [0.2, 0.25) is 0 Å². The Balaban J connectivity index is 2.38. The molecule has 1 aliphatic rings. The van der Waals surface area contributed by atoms with Gasteiger partial charge in [0.2, 0.25) is 0 Å². The van der Waals surface area contributed by atoms with Crippen molar-refractivity contribution in [2.24, 2.45) is 5.92 Å². The second kappa shape index (κ2) is 3.33. The summed E-state index contributed by atoms with van der Waals surface area (Å²) in [5.41, 5.74) is 0. The van der Waals surface area contributed by atoms with Gasteiger partial charge in [-0.2, -0.15) is 0 Å². The summed E-state index contributed by atoms with van der Waals surface area (Å²) in [5, 5.41) is 0. The van der Waals surface area contributed by atoms with Gasteiger partial charge < -0.3 is 4.74 Å². The van der Waals surface area contributed by atoms with Crippen molar-refractivity contribution in [1.29, 1.82) is 0 Å². The lowest BCUT2D eigenvalue weighted by atomic mass is 9.87. The van der Waals surface area contributed by atoms with Gasteiger partial charge in [-0.25, -0.2) is 4.39 Å². The number of alkyl halides is 1. The summed E-state index contributed by atoms with van der Waals surface area (Å²) in [6, 6.07) is 0. The van der Waals surface area contributed by atoms with Crippen LogP contribution >= 0.6 is 0 Å². The summed E-state index contributed by atoms with van der Waals surface area (Å²) in [7, 11) is 1.59. The zero-order chi connectivity index (χ0) is 7.56. The van der Waals surface area contributed by atoms with Gasteiger partial charge in [-0.3, -0.25) is 0 Å². The van der Waals surface area contributed by atoms with Gasteiger partial charge in [-0.1, -0.05) is 6.92 Å². The van der Waals surface area contributed by atoms with E-state index in [1.165, 1.54) is 0 Å². The molecule has 1 saturated carbocycles. The molecule has 0 aromatic rings. The summed E-state index contributed by atoms with van der Waals surface area (Å²) in [6.07, 6.45) is 1.73. The highest BCUT2D eigenvalue weighted by atomic mass is 19.1. The van der Waals surface area contributed by atoms with Crippen LogP contribution in [0.5, 0.6) is 0 Å². The molecule has 0 amide bonds. The predicted octanol–water partition coefficient (Wildman–Crippen LogP) is 2.16. The molecule has 10 heavy (non-hydrogen) atoms. The molecular weight excluding hydrogens is 131 g/mol. The van der Waals surface area contributed by atoms with Crippen molar-refractivity contribution in [2.45, 2.75) is 38.5 Å².